The van der Waals surface area contributed by atoms with Crippen LogP contribution in [-0.2, 0) is 23.6 Å². The van der Waals surface area contributed by atoms with Gasteiger partial charge in [0.25, 0.3) is 11.2 Å². The van der Waals surface area contributed by atoms with Crippen LogP contribution in [0.15, 0.2) is 70.6 Å². The van der Waals surface area contributed by atoms with Crippen LogP contribution in [-0.4, -0.2) is 21.3 Å². The molecule has 0 amide bonds. The molecular formula is C24H18ClN3O5S. The van der Waals surface area contributed by atoms with Gasteiger partial charge in [-0.1, -0.05) is 53.7 Å². The van der Waals surface area contributed by atoms with E-state index < -0.39 is 4.92 Å². The minimum Gasteiger partial charge on any atom is -0.467 e. The lowest BCUT2D eigenvalue weighted by Crippen LogP contribution is -2.24. The molecule has 0 saturated heterocycles. The maximum atomic E-state index is 13.4. The number of thioether (sulfide) groups is 1. The Labute approximate surface area is 203 Å². The van der Waals surface area contributed by atoms with Gasteiger partial charge in [-0.15, -0.1) is 0 Å². The highest BCUT2D eigenvalue weighted by Crippen LogP contribution is 2.36. The third kappa shape index (κ3) is 4.50. The van der Waals surface area contributed by atoms with Crippen LogP contribution in [0.25, 0.3) is 10.9 Å². The monoisotopic (exact) mass is 495 g/mol. The first-order valence-corrected chi connectivity index (χ1v) is 11.7. The summed E-state index contributed by atoms with van der Waals surface area (Å²) in [6.45, 7) is 0.652. The average Bonchev–Trinajstić information content (AvgIpc) is 2.84. The molecule has 8 nitrogen and oxygen atoms in total. The number of halogens is 1. The average molecular weight is 496 g/mol. The standard InChI is InChI=1S/C24H18ClN3O5S/c25-18-6-7-20-21(10-18)26-24(27(23(20)29)11-15-4-2-1-3-5-15)34-13-17-9-19(28(30)31)8-16-12-32-14-33-22(16)17/h1-10H,11-14H2. The maximum Gasteiger partial charge on any atom is 0.270 e. The number of benzene rings is 3. The van der Waals surface area contributed by atoms with Crippen LogP contribution >= 0.6 is 23.4 Å². The molecule has 4 aromatic rings. The van der Waals surface area contributed by atoms with Crippen molar-refractivity contribution >= 4 is 40.0 Å². The third-order valence-corrected chi connectivity index (χ3v) is 6.67. The number of nitro benzene ring substituents is 1. The summed E-state index contributed by atoms with van der Waals surface area (Å²) in [5.74, 6) is 0.891. The number of nitro groups is 1. The van der Waals surface area contributed by atoms with Crippen LogP contribution in [0.4, 0.5) is 5.69 Å². The van der Waals surface area contributed by atoms with Crippen molar-refractivity contribution in [3.63, 3.8) is 0 Å². The molecule has 3 aromatic carbocycles. The highest BCUT2D eigenvalue weighted by Gasteiger charge is 2.22. The summed E-state index contributed by atoms with van der Waals surface area (Å²) < 4.78 is 12.6. The van der Waals surface area contributed by atoms with Gasteiger partial charge in [0.05, 0.1) is 29.0 Å². The second-order valence-electron chi connectivity index (χ2n) is 7.68. The van der Waals surface area contributed by atoms with Crippen molar-refractivity contribution in [3.05, 3.63) is 103 Å². The Bertz CT molecular complexity index is 1460. The number of ether oxygens (including phenoxy) is 2. The van der Waals surface area contributed by atoms with Gasteiger partial charge >= 0.3 is 0 Å². The van der Waals surface area contributed by atoms with Gasteiger partial charge in [0.15, 0.2) is 11.9 Å². The van der Waals surface area contributed by atoms with Crippen molar-refractivity contribution < 1.29 is 14.4 Å². The van der Waals surface area contributed by atoms with Gasteiger partial charge in [0.1, 0.15) is 5.75 Å². The van der Waals surface area contributed by atoms with Crippen molar-refractivity contribution in [3.8, 4) is 5.75 Å². The highest BCUT2D eigenvalue weighted by atomic mass is 35.5. The van der Waals surface area contributed by atoms with Gasteiger partial charge in [0, 0.05) is 34.0 Å². The number of fused-ring (bicyclic) bond motifs is 2. The Balaban J connectivity index is 1.57. The van der Waals surface area contributed by atoms with E-state index in [1.807, 2.05) is 30.3 Å². The molecule has 0 bridgehead atoms. The van der Waals surface area contributed by atoms with Gasteiger partial charge in [-0.3, -0.25) is 19.5 Å². The lowest BCUT2D eigenvalue weighted by molar-refractivity contribution is -0.385. The zero-order valence-electron chi connectivity index (χ0n) is 17.8. The fraction of sp³-hybridized carbons (Fsp3) is 0.167. The van der Waals surface area contributed by atoms with Crippen LogP contribution in [0.3, 0.4) is 0 Å². The highest BCUT2D eigenvalue weighted by molar-refractivity contribution is 7.98. The Morgan fingerprint density at radius 2 is 1.97 bits per heavy atom. The second kappa shape index (κ2) is 9.46. The fourth-order valence-corrected chi connectivity index (χ4v) is 4.96. The number of hydrogen-bond acceptors (Lipinski definition) is 7. The van der Waals surface area contributed by atoms with Crippen LogP contribution in [0.5, 0.6) is 5.75 Å². The summed E-state index contributed by atoms with van der Waals surface area (Å²) in [5.41, 5.74) is 2.49. The Morgan fingerprint density at radius 3 is 2.76 bits per heavy atom. The van der Waals surface area contributed by atoms with E-state index in [0.717, 1.165) is 5.56 Å². The topological polar surface area (TPSA) is 96.5 Å². The molecule has 0 unspecified atom stereocenters. The number of hydrogen-bond donors (Lipinski definition) is 0. The van der Waals surface area contributed by atoms with Gasteiger partial charge in [-0.25, -0.2) is 4.98 Å². The van der Waals surface area contributed by atoms with Gasteiger partial charge in [0.2, 0.25) is 0 Å². The lowest BCUT2D eigenvalue weighted by Gasteiger charge is -2.20. The SMILES string of the molecule is O=c1c2ccc(Cl)cc2nc(SCc2cc([N+](=O)[O-])cc3c2OCOC3)n1Cc1ccccc1. The molecule has 0 saturated carbocycles. The molecule has 0 aliphatic carbocycles. The Hall–Kier alpha value is -3.40. The van der Waals surface area contributed by atoms with Crippen molar-refractivity contribution in [2.24, 2.45) is 0 Å². The molecule has 0 atom stereocenters. The van der Waals surface area contributed by atoms with E-state index in [4.69, 9.17) is 26.1 Å². The minimum absolute atomic E-state index is 0.0385. The summed E-state index contributed by atoms with van der Waals surface area (Å²) in [6.07, 6.45) is 0. The van der Waals surface area contributed by atoms with Crippen molar-refractivity contribution in [1.82, 2.24) is 9.55 Å². The summed E-state index contributed by atoms with van der Waals surface area (Å²) >= 11 is 7.46. The maximum absolute atomic E-state index is 13.4. The normalized spacial score (nSPS) is 12.9. The molecule has 10 heteroatoms. The molecule has 5 rings (SSSR count). The smallest absolute Gasteiger partial charge is 0.270 e. The zero-order valence-corrected chi connectivity index (χ0v) is 19.3. The van der Waals surface area contributed by atoms with E-state index in [1.165, 1.54) is 23.9 Å². The van der Waals surface area contributed by atoms with Crippen molar-refractivity contribution in [2.45, 2.75) is 24.1 Å². The summed E-state index contributed by atoms with van der Waals surface area (Å²) in [6, 6.07) is 17.6. The molecule has 1 aliphatic rings. The largest absolute Gasteiger partial charge is 0.467 e. The molecule has 1 aliphatic heterocycles. The third-order valence-electron chi connectivity index (χ3n) is 5.41. The first-order valence-electron chi connectivity index (χ1n) is 10.4. The molecule has 0 fully saturated rings. The fourth-order valence-electron chi connectivity index (χ4n) is 3.83. The molecule has 0 spiro atoms. The van der Waals surface area contributed by atoms with Crippen LogP contribution in [0, 0.1) is 10.1 Å². The molecule has 0 N–H and O–H groups in total. The minimum atomic E-state index is -0.440. The molecule has 1 aromatic heterocycles. The second-order valence-corrected chi connectivity index (χ2v) is 9.06. The van der Waals surface area contributed by atoms with E-state index in [2.05, 4.69) is 0 Å². The van der Waals surface area contributed by atoms with Crippen molar-refractivity contribution in [1.29, 1.82) is 0 Å². The number of aromatic nitrogens is 2. The van der Waals surface area contributed by atoms with Gasteiger partial charge in [-0.05, 0) is 23.8 Å². The predicted octanol–water partition coefficient (Wildman–Crippen LogP) is 5.17. The molecule has 0 radical (unpaired) electrons. The van der Waals surface area contributed by atoms with Crippen LogP contribution < -0.4 is 10.3 Å². The Kier molecular flexibility index (Phi) is 6.23. The molecule has 34 heavy (non-hydrogen) atoms. The van der Waals surface area contributed by atoms with Crippen LogP contribution in [0.1, 0.15) is 16.7 Å². The van der Waals surface area contributed by atoms with E-state index >= 15 is 0 Å². The van der Waals surface area contributed by atoms with Crippen LogP contribution in [0.2, 0.25) is 5.02 Å². The molecule has 2 heterocycles. The van der Waals surface area contributed by atoms with Crippen molar-refractivity contribution in [2.75, 3.05) is 6.79 Å². The molecular weight excluding hydrogens is 478 g/mol. The Morgan fingerprint density at radius 1 is 1.15 bits per heavy atom. The van der Waals surface area contributed by atoms with E-state index in [9.17, 15) is 14.9 Å². The van der Waals surface area contributed by atoms with Gasteiger partial charge in [-0.2, -0.15) is 0 Å². The first kappa shape index (κ1) is 22.4. The molecule has 172 valence electrons. The number of non-ortho nitro benzene ring substituents is 1. The van der Waals surface area contributed by atoms with E-state index in [-0.39, 0.29) is 24.6 Å². The predicted molar refractivity (Wildman–Crippen MR) is 129 cm³/mol. The van der Waals surface area contributed by atoms with E-state index in [0.29, 0.717) is 50.3 Å². The summed E-state index contributed by atoms with van der Waals surface area (Å²) in [5, 5.41) is 12.9. The first-order chi connectivity index (χ1) is 16.5. The quantitative estimate of drug-likeness (QED) is 0.158. The summed E-state index contributed by atoms with van der Waals surface area (Å²) in [4.78, 5) is 29.1. The van der Waals surface area contributed by atoms with E-state index in [1.54, 1.807) is 22.8 Å². The lowest BCUT2D eigenvalue weighted by atomic mass is 10.1. The summed E-state index contributed by atoms with van der Waals surface area (Å²) in [7, 11) is 0. The zero-order chi connectivity index (χ0) is 23.7. The number of rotatable bonds is 6. The van der Waals surface area contributed by atoms with Gasteiger partial charge < -0.3 is 9.47 Å². The number of nitrogens with zero attached hydrogens (tertiary/aromatic N) is 3.